The van der Waals surface area contributed by atoms with E-state index in [1.54, 1.807) is 6.08 Å². The summed E-state index contributed by atoms with van der Waals surface area (Å²) in [7, 11) is 0. The Kier molecular flexibility index (Phi) is 7.07. The molecule has 0 aliphatic rings. The smallest absolute Gasteiger partial charge is 0.167 e. The predicted molar refractivity (Wildman–Crippen MR) is 232 cm³/mol. The Labute approximate surface area is 321 Å². The van der Waals surface area contributed by atoms with Crippen molar-refractivity contribution in [3.05, 3.63) is 169 Å². The maximum atomic E-state index is 6.85. The first-order chi connectivity index (χ1) is 27.5. The molecule has 0 amide bonds. The first-order valence-electron chi connectivity index (χ1n) is 18.8. The quantitative estimate of drug-likeness (QED) is 0.166. The second-order valence-corrected chi connectivity index (χ2v) is 14.5. The van der Waals surface area contributed by atoms with Crippen molar-refractivity contribution in [3.8, 4) is 34.2 Å². The Morgan fingerprint density at radius 3 is 1.64 bits per heavy atom. The predicted octanol–water partition coefficient (Wildman–Crippen LogP) is 13.9. The Morgan fingerprint density at radius 1 is 0.500 bits per heavy atom. The SMILES string of the molecule is C=C/C=C\c1cc(-c2nc(-c3ccc(C)cc3)nc(-c3cc4ccccc4c4c3oc3ccc5ccccc5c34)n2)c2oc3ccc4ccccc4c3c2c1C. The van der Waals surface area contributed by atoms with E-state index in [1.165, 1.54) is 0 Å². The van der Waals surface area contributed by atoms with E-state index in [9.17, 15) is 0 Å². The summed E-state index contributed by atoms with van der Waals surface area (Å²) in [4.78, 5) is 15.8. The van der Waals surface area contributed by atoms with Crippen LogP contribution in [0.4, 0.5) is 0 Å². The zero-order chi connectivity index (χ0) is 37.5. The van der Waals surface area contributed by atoms with Crippen molar-refractivity contribution >= 4 is 82.3 Å². The molecule has 0 atom stereocenters. The van der Waals surface area contributed by atoms with Gasteiger partial charge in [0.05, 0.1) is 11.1 Å². The van der Waals surface area contributed by atoms with Crippen LogP contribution in [0.2, 0.25) is 0 Å². The average molecular weight is 720 g/mol. The van der Waals surface area contributed by atoms with Gasteiger partial charge < -0.3 is 8.83 Å². The molecule has 56 heavy (non-hydrogen) atoms. The maximum Gasteiger partial charge on any atom is 0.167 e. The Hall–Kier alpha value is -7.37. The molecule has 0 unspecified atom stereocenters. The van der Waals surface area contributed by atoms with Gasteiger partial charge in [0, 0.05) is 27.1 Å². The molecule has 264 valence electrons. The molecule has 0 aliphatic carbocycles. The lowest BCUT2D eigenvalue weighted by Gasteiger charge is -2.12. The first-order valence-corrected chi connectivity index (χ1v) is 18.8. The third kappa shape index (κ3) is 4.84. The van der Waals surface area contributed by atoms with Gasteiger partial charge in [0.25, 0.3) is 0 Å². The van der Waals surface area contributed by atoms with E-state index in [2.05, 4.69) is 160 Å². The number of benzene rings is 8. The number of hydrogen-bond acceptors (Lipinski definition) is 5. The van der Waals surface area contributed by atoms with E-state index in [4.69, 9.17) is 23.8 Å². The molecule has 0 aliphatic heterocycles. The van der Waals surface area contributed by atoms with E-state index in [0.29, 0.717) is 17.5 Å². The van der Waals surface area contributed by atoms with Gasteiger partial charge in [-0.05, 0) is 81.6 Å². The molecule has 0 saturated carbocycles. The molecule has 0 radical (unpaired) electrons. The minimum Gasteiger partial charge on any atom is -0.455 e. The van der Waals surface area contributed by atoms with E-state index in [0.717, 1.165) is 110 Å². The average Bonchev–Trinajstić information content (AvgIpc) is 3.84. The minimum absolute atomic E-state index is 0.509. The van der Waals surface area contributed by atoms with Crippen molar-refractivity contribution in [1.29, 1.82) is 0 Å². The van der Waals surface area contributed by atoms with Crippen molar-refractivity contribution in [2.75, 3.05) is 0 Å². The number of hydrogen-bond donors (Lipinski definition) is 0. The Morgan fingerprint density at radius 2 is 1.02 bits per heavy atom. The maximum absolute atomic E-state index is 6.85. The van der Waals surface area contributed by atoms with Gasteiger partial charge in [0.1, 0.15) is 22.3 Å². The molecule has 11 rings (SSSR count). The summed E-state index contributed by atoms with van der Waals surface area (Å²) in [6, 6.07) is 46.3. The highest BCUT2D eigenvalue weighted by Crippen LogP contribution is 2.45. The van der Waals surface area contributed by atoms with Gasteiger partial charge in [-0.15, -0.1) is 0 Å². The van der Waals surface area contributed by atoms with Crippen LogP contribution >= 0.6 is 0 Å². The highest BCUT2D eigenvalue weighted by molar-refractivity contribution is 6.28. The van der Waals surface area contributed by atoms with Gasteiger partial charge in [-0.2, -0.15) is 0 Å². The second kappa shape index (κ2) is 12.3. The Balaban J connectivity index is 1.27. The van der Waals surface area contributed by atoms with Gasteiger partial charge in [0.2, 0.25) is 0 Å². The monoisotopic (exact) mass is 719 g/mol. The van der Waals surface area contributed by atoms with Gasteiger partial charge in [0.15, 0.2) is 17.5 Å². The summed E-state index contributed by atoms with van der Waals surface area (Å²) in [6.07, 6.45) is 5.85. The fourth-order valence-electron chi connectivity index (χ4n) is 8.40. The number of fused-ring (bicyclic) bond motifs is 12. The normalized spacial score (nSPS) is 12.1. The topological polar surface area (TPSA) is 65.0 Å². The summed E-state index contributed by atoms with van der Waals surface area (Å²) in [6.45, 7) is 8.19. The molecule has 5 heteroatoms. The number of furan rings is 2. The number of aromatic nitrogens is 3. The number of aryl methyl sites for hydroxylation is 2. The Bertz CT molecular complexity index is 3460. The summed E-state index contributed by atoms with van der Waals surface area (Å²) < 4.78 is 13.7. The van der Waals surface area contributed by atoms with E-state index in [-0.39, 0.29) is 0 Å². The molecule has 0 fully saturated rings. The molecule has 8 aromatic carbocycles. The summed E-state index contributed by atoms with van der Waals surface area (Å²) in [5.41, 5.74) is 8.85. The van der Waals surface area contributed by atoms with Crippen LogP contribution in [-0.4, -0.2) is 15.0 Å². The van der Waals surface area contributed by atoms with Gasteiger partial charge in [-0.3, -0.25) is 0 Å². The van der Waals surface area contributed by atoms with Crippen LogP contribution in [0.15, 0.2) is 161 Å². The van der Waals surface area contributed by atoms with Crippen LogP contribution < -0.4 is 0 Å². The van der Waals surface area contributed by atoms with Crippen LogP contribution in [0.1, 0.15) is 16.7 Å². The second-order valence-electron chi connectivity index (χ2n) is 14.5. The molecule has 0 bridgehead atoms. The van der Waals surface area contributed by atoms with Crippen LogP contribution in [0, 0.1) is 13.8 Å². The van der Waals surface area contributed by atoms with Crippen molar-refractivity contribution in [3.63, 3.8) is 0 Å². The molecule has 5 nitrogen and oxygen atoms in total. The summed E-state index contributed by atoms with van der Waals surface area (Å²) >= 11 is 0. The van der Waals surface area contributed by atoms with Crippen molar-refractivity contribution in [1.82, 2.24) is 15.0 Å². The lowest BCUT2D eigenvalue weighted by molar-refractivity contribution is 0.669. The van der Waals surface area contributed by atoms with Crippen LogP contribution in [0.25, 0.3) is 116 Å². The van der Waals surface area contributed by atoms with E-state index in [1.807, 2.05) is 6.08 Å². The van der Waals surface area contributed by atoms with Crippen molar-refractivity contribution < 1.29 is 8.83 Å². The van der Waals surface area contributed by atoms with E-state index < -0.39 is 0 Å². The lowest BCUT2D eigenvalue weighted by Crippen LogP contribution is -2.01. The third-order valence-corrected chi connectivity index (χ3v) is 11.1. The van der Waals surface area contributed by atoms with Crippen molar-refractivity contribution in [2.24, 2.45) is 0 Å². The zero-order valence-electron chi connectivity index (χ0n) is 30.8. The van der Waals surface area contributed by atoms with Crippen LogP contribution in [0.3, 0.4) is 0 Å². The highest BCUT2D eigenvalue weighted by Gasteiger charge is 2.24. The highest BCUT2D eigenvalue weighted by atomic mass is 16.3. The molecule has 11 aromatic rings. The minimum atomic E-state index is 0.509. The lowest BCUT2D eigenvalue weighted by atomic mass is 9.95. The molecule has 3 heterocycles. The first kappa shape index (κ1) is 32.1. The largest absolute Gasteiger partial charge is 0.455 e. The molecule has 0 N–H and O–H groups in total. The zero-order valence-corrected chi connectivity index (χ0v) is 30.8. The van der Waals surface area contributed by atoms with E-state index >= 15 is 0 Å². The molecular weight excluding hydrogens is 687 g/mol. The fraction of sp³-hybridized carbons (Fsp3) is 0.0392. The van der Waals surface area contributed by atoms with Gasteiger partial charge >= 0.3 is 0 Å². The van der Waals surface area contributed by atoms with Crippen LogP contribution in [-0.2, 0) is 0 Å². The van der Waals surface area contributed by atoms with Gasteiger partial charge in [-0.25, -0.2) is 15.0 Å². The third-order valence-electron chi connectivity index (χ3n) is 11.1. The number of allylic oxidation sites excluding steroid dienone is 2. The number of nitrogens with zero attached hydrogens (tertiary/aromatic N) is 3. The number of rotatable bonds is 5. The standard InChI is InChI=1S/C51H33N3O2/c1-4-5-12-34-27-39(47-43(30(34)3)44-36-16-9-6-13-31(36)23-25-41(44)55-47)50-52-49(33-21-19-29(2)20-22-33)53-51(54-50)40-28-35-15-8-11-18-38(35)46-45-37-17-10-7-14-32(37)24-26-42(45)56-48(40)46/h4-28H,1H2,2-3H3/b12-5-. The summed E-state index contributed by atoms with van der Waals surface area (Å²) in [5.74, 6) is 1.59. The molecule has 3 aromatic heterocycles. The van der Waals surface area contributed by atoms with Crippen LogP contribution in [0.5, 0.6) is 0 Å². The molecule has 0 spiro atoms. The molecular formula is C51H33N3O2. The van der Waals surface area contributed by atoms with Crippen molar-refractivity contribution in [2.45, 2.75) is 13.8 Å². The van der Waals surface area contributed by atoms with Gasteiger partial charge in [-0.1, -0.05) is 140 Å². The summed E-state index contributed by atoms with van der Waals surface area (Å²) in [5, 5.41) is 11.0. The fourth-order valence-corrected chi connectivity index (χ4v) is 8.40. The molecule has 0 saturated heterocycles.